The van der Waals surface area contributed by atoms with Gasteiger partial charge in [0.1, 0.15) is 17.3 Å². The first-order valence-electron chi connectivity index (χ1n) is 5.23. The molecule has 0 spiro atoms. The Labute approximate surface area is 112 Å². The third kappa shape index (κ3) is 3.57. The number of rotatable bonds is 3. The van der Waals surface area contributed by atoms with Crippen LogP contribution in [0.25, 0.3) is 0 Å². The zero-order valence-corrected chi connectivity index (χ0v) is 10.2. The van der Waals surface area contributed by atoms with Crippen LogP contribution < -0.4 is 4.74 Å². The standard InChI is InChI=1S/C12H8ClF3N2O/c13-10-9(12(14,15)16)6-17-11(18-10)19-7-8-4-2-1-3-5-8/h1-6H,7H2. The molecule has 2 aromatic rings. The molecule has 0 saturated heterocycles. The van der Waals surface area contributed by atoms with E-state index in [4.69, 9.17) is 16.3 Å². The Bertz CT molecular complexity index is 561. The molecule has 0 aliphatic rings. The summed E-state index contributed by atoms with van der Waals surface area (Å²) in [6, 6.07) is 8.91. The maximum Gasteiger partial charge on any atom is 0.420 e. The van der Waals surface area contributed by atoms with Crippen molar-refractivity contribution in [2.24, 2.45) is 0 Å². The molecule has 1 heterocycles. The van der Waals surface area contributed by atoms with Crippen LogP contribution in [0.1, 0.15) is 11.1 Å². The lowest BCUT2D eigenvalue weighted by Crippen LogP contribution is -2.09. The maximum atomic E-state index is 12.4. The predicted octanol–water partition coefficient (Wildman–Crippen LogP) is 3.73. The molecule has 7 heteroatoms. The molecule has 0 atom stereocenters. The van der Waals surface area contributed by atoms with E-state index in [9.17, 15) is 13.2 Å². The summed E-state index contributed by atoms with van der Waals surface area (Å²) in [5, 5.41) is -0.675. The summed E-state index contributed by atoms with van der Waals surface area (Å²) in [5.41, 5.74) is -0.233. The van der Waals surface area contributed by atoms with Gasteiger partial charge in [-0.1, -0.05) is 41.9 Å². The fraction of sp³-hybridized carbons (Fsp3) is 0.167. The van der Waals surface area contributed by atoms with Crippen molar-refractivity contribution in [1.29, 1.82) is 0 Å². The van der Waals surface area contributed by atoms with Crippen LogP contribution in [0.4, 0.5) is 13.2 Å². The van der Waals surface area contributed by atoms with E-state index >= 15 is 0 Å². The van der Waals surface area contributed by atoms with Crippen LogP contribution in [0, 0.1) is 0 Å². The van der Waals surface area contributed by atoms with Gasteiger partial charge in [0.15, 0.2) is 0 Å². The van der Waals surface area contributed by atoms with Gasteiger partial charge < -0.3 is 4.74 Å². The summed E-state index contributed by atoms with van der Waals surface area (Å²) in [5.74, 6) is 0. The van der Waals surface area contributed by atoms with Crippen LogP contribution in [0.5, 0.6) is 6.01 Å². The lowest BCUT2D eigenvalue weighted by atomic mass is 10.2. The minimum atomic E-state index is -4.57. The molecule has 1 aromatic carbocycles. The van der Waals surface area contributed by atoms with Gasteiger partial charge in [-0.25, -0.2) is 4.98 Å². The Balaban J connectivity index is 2.09. The SMILES string of the molecule is FC(F)(F)c1cnc(OCc2ccccc2)nc1Cl. The summed E-state index contributed by atoms with van der Waals surface area (Å²) in [6.45, 7) is 0.155. The Hall–Kier alpha value is -1.82. The minimum absolute atomic E-state index is 0.155. The van der Waals surface area contributed by atoms with E-state index in [1.54, 1.807) is 0 Å². The van der Waals surface area contributed by atoms with Crippen LogP contribution in [-0.4, -0.2) is 9.97 Å². The number of hydrogen-bond acceptors (Lipinski definition) is 3. The quantitative estimate of drug-likeness (QED) is 0.807. The highest BCUT2D eigenvalue weighted by Crippen LogP contribution is 2.33. The van der Waals surface area contributed by atoms with E-state index in [-0.39, 0.29) is 12.6 Å². The van der Waals surface area contributed by atoms with Crippen molar-refractivity contribution >= 4 is 11.6 Å². The number of aromatic nitrogens is 2. The molecule has 3 nitrogen and oxygen atoms in total. The molecule has 0 radical (unpaired) electrons. The Morgan fingerprint density at radius 3 is 2.42 bits per heavy atom. The van der Waals surface area contributed by atoms with Crippen LogP contribution >= 0.6 is 11.6 Å². The summed E-state index contributed by atoms with van der Waals surface area (Å²) in [6.07, 6.45) is -3.97. The van der Waals surface area contributed by atoms with Crippen LogP contribution in [0.15, 0.2) is 36.5 Å². The van der Waals surface area contributed by atoms with Crippen molar-refractivity contribution in [3.63, 3.8) is 0 Å². The fourth-order valence-corrected chi connectivity index (χ4v) is 1.56. The number of hydrogen-bond donors (Lipinski definition) is 0. The van der Waals surface area contributed by atoms with Gasteiger partial charge >= 0.3 is 12.2 Å². The second-order valence-corrected chi connectivity index (χ2v) is 3.99. The molecule has 1 aromatic heterocycles. The second-order valence-electron chi connectivity index (χ2n) is 3.63. The van der Waals surface area contributed by atoms with Crippen molar-refractivity contribution in [3.8, 4) is 6.01 Å². The molecule has 2 rings (SSSR count). The van der Waals surface area contributed by atoms with Gasteiger partial charge in [-0.15, -0.1) is 0 Å². The third-order valence-electron chi connectivity index (χ3n) is 2.24. The molecular formula is C12H8ClF3N2O. The minimum Gasteiger partial charge on any atom is -0.459 e. The molecule has 0 N–H and O–H groups in total. The molecule has 0 unspecified atom stereocenters. The molecule has 100 valence electrons. The van der Waals surface area contributed by atoms with Gasteiger partial charge in [-0.2, -0.15) is 18.2 Å². The Morgan fingerprint density at radius 2 is 1.84 bits per heavy atom. The number of benzene rings is 1. The normalized spacial score (nSPS) is 11.4. The first kappa shape index (κ1) is 13.6. The highest BCUT2D eigenvalue weighted by Gasteiger charge is 2.34. The lowest BCUT2D eigenvalue weighted by molar-refractivity contribution is -0.138. The van der Waals surface area contributed by atoms with Gasteiger partial charge in [0.05, 0.1) is 0 Å². The largest absolute Gasteiger partial charge is 0.459 e. The van der Waals surface area contributed by atoms with Crippen molar-refractivity contribution in [2.75, 3.05) is 0 Å². The molecule has 0 aliphatic heterocycles. The van der Waals surface area contributed by atoms with Gasteiger partial charge in [-0.3, -0.25) is 0 Å². The van der Waals surface area contributed by atoms with E-state index in [1.807, 2.05) is 30.3 Å². The maximum absolute atomic E-state index is 12.4. The molecule has 19 heavy (non-hydrogen) atoms. The molecule has 0 amide bonds. The predicted molar refractivity (Wildman–Crippen MR) is 62.8 cm³/mol. The van der Waals surface area contributed by atoms with E-state index in [0.29, 0.717) is 6.20 Å². The van der Waals surface area contributed by atoms with E-state index in [2.05, 4.69) is 9.97 Å². The highest BCUT2D eigenvalue weighted by molar-refractivity contribution is 6.30. The Morgan fingerprint density at radius 1 is 1.16 bits per heavy atom. The van der Waals surface area contributed by atoms with Crippen molar-refractivity contribution in [1.82, 2.24) is 9.97 Å². The number of halogens is 4. The molecule has 0 fully saturated rings. The summed E-state index contributed by atoms with van der Waals surface area (Å²) >= 11 is 5.44. The fourth-order valence-electron chi connectivity index (χ4n) is 1.33. The second kappa shape index (κ2) is 5.44. The van der Waals surface area contributed by atoms with E-state index in [0.717, 1.165) is 5.56 Å². The topological polar surface area (TPSA) is 35.0 Å². The van der Waals surface area contributed by atoms with Gasteiger partial charge in [0, 0.05) is 6.20 Å². The van der Waals surface area contributed by atoms with Crippen LogP contribution in [0.2, 0.25) is 5.15 Å². The number of ether oxygens (including phenoxy) is 1. The van der Waals surface area contributed by atoms with E-state index < -0.39 is 16.9 Å². The van der Waals surface area contributed by atoms with E-state index in [1.165, 1.54) is 0 Å². The van der Waals surface area contributed by atoms with Gasteiger partial charge in [0.2, 0.25) is 0 Å². The average molecular weight is 289 g/mol. The summed E-state index contributed by atoms with van der Waals surface area (Å²) in [7, 11) is 0. The highest BCUT2D eigenvalue weighted by atomic mass is 35.5. The molecule has 0 saturated carbocycles. The monoisotopic (exact) mass is 288 g/mol. The first-order chi connectivity index (χ1) is 8.97. The van der Waals surface area contributed by atoms with Crippen molar-refractivity contribution in [2.45, 2.75) is 12.8 Å². The summed E-state index contributed by atoms with van der Waals surface area (Å²) < 4.78 is 42.4. The third-order valence-corrected chi connectivity index (χ3v) is 2.52. The molecule has 0 aliphatic carbocycles. The molecular weight excluding hydrogens is 281 g/mol. The first-order valence-corrected chi connectivity index (χ1v) is 5.61. The van der Waals surface area contributed by atoms with Gasteiger partial charge in [0.25, 0.3) is 0 Å². The van der Waals surface area contributed by atoms with Crippen molar-refractivity contribution < 1.29 is 17.9 Å². The number of alkyl halides is 3. The van der Waals surface area contributed by atoms with Gasteiger partial charge in [-0.05, 0) is 5.56 Å². The molecule has 0 bridgehead atoms. The zero-order valence-electron chi connectivity index (χ0n) is 9.49. The zero-order chi connectivity index (χ0) is 13.9. The summed E-state index contributed by atoms with van der Waals surface area (Å²) in [4.78, 5) is 6.95. The van der Waals surface area contributed by atoms with Crippen LogP contribution in [0.3, 0.4) is 0 Å². The Kier molecular flexibility index (Phi) is 3.90. The number of nitrogens with zero attached hydrogens (tertiary/aromatic N) is 2. The average Bonchev–Trinajstić information content (AvgIpc) is 2.36. The lowest BCUT2D eigenvalue weighted by Gasteiger charge is -2.09. The smallest absolute Gasteiger partial charge is 0.420 e. The van der Waals surface area contributed by atoms with Crippen LogP contribution in [-0.2, 0) is 12.8 Å². The van der Waals surface area contributed by atoms with Crippen molar-refractivity contribution in [3.05, 3.63) is 52.8 Å².